The van der Waals surface area contributed by atoms with Crippen molar-refractivity contribution in [2.24, 2.45) is 10.9 Å². The molecule has 1 saturated heterocycles. The summed E-state index contributed by atoms with van der Waals surface area (Å²) in [6.07, 6.45) is 5.42. The molecule has 0 amide bonds. The van der Waals surface area contributed by atoms with Crippen molar-refractivity contribution in [2.75, 3.05) is 26.2 Å². The summed E-state index contributed by atoms with van der Waals surface area (Å²) in [4.78, 5) is 11.7. The Morgan fingerprint density at radius 3 is 2.69 bits per heavy atom. The Bertz CT molecular complexity index is 742. The van der Waals surface area contributed by atoms with Gasteiger partial charge in [-0.2, -0.15) is 0 Å². The molecule has 29 heavy (non-hydrogen) atoms. The van der Waals surface area contributed by atoms with Gasteiger partial charge >= 0.3 is 0 Å². The molecule has 0 saturated carbocycles. The molecule has 1 unspecified atom stereocenters. The van der Waals surface area contributed by atoms with Crippen LogP contribution in [0, 0.1) is 5.92 Å². The molecular weight excluding hydrogens is 358 g/mol. The number of aliphatic imine (C=N–C) groups is 1. The number of nitrogens with zero attached hydrogens (tertiary/aromatic N) is 3. The maximum Gasteiger partial charge on any atom is 0.191 e. The summed E-state index contributed by atoms with van der Waals surface area (Å²) >= 11 is 0. The van der Waals surface area contributed by atoms with Crippen LogP contribution in [0.15, 0.2) is 53.7 Å². The molecule has 0 radical (unpaired) electrons. The SMILES string of the molecule is CCNC(=NCc1ccc(CN2CCCC(C)C2)cc1)NCCc1ccccn1. The van der Waals surface area contributed by atoms with Crippen LogP contribution < -0.4 is 10.6 Å². The van der Waals surface area contributed by atoms with E-state index in [1.807, 2.05) is 18.3 Å². The molecule has 0 spiro atoms. The number of rotatable bonds is 8. The fourth-order valence-electron chi connectivity index (χ4n) is 3.81. The van der Waals surface area contributed by atoms with E-state index in [9.17, 15) is 0 Å². The first kappa shape index (κ1) is 21.3. The third kappa shape index (κ3) is 7.50. The molecule has 2 aromatic rings. The highest BCUT2D eigenvalue weighted by Crippen LogP contribution is 2.18. The maximum atomic E-state index is 4.73. The minimum Gasteiger partial charge on any atom is -0.357 e. The van der Waals surface area contributed by atoms with Crippen LogP contribution in [0.4, 0.5) is 0 Å². The summed E-state index contributed by atoms with van der Waals surface area (Å²) in [5, 5.41) is 6.72. The Balaban J connectivity index is 1.48. The molecule has 0 bridgehead atoms. The maximum absolute atomic E-state index is 4.73. The quantitative estimate of drug-likeness (QED) is 0.531. The number of pyridine rings is 1. The number of aromatic nitrogens is 1. The largest absolute Gasteiger partial charge is 0.357 e. The standard InChI is InChI=1S/C24H35N5/c1-3-25-24(27-15-13-23-8-4-5-14-26-23)28-17-21-9-11-22(12-10-21)19-29-16-6-7-20(2)18-29/h4-5,8-12,14,20H,3,6-7,13,15-19H2,1-2H3,(H2,25,27,28). The molecule has 1 atom stereocenters. The third-order valence-electron chi connectivity index (χ3n) is 5.33. The van der Waals surface area contributed by atoms with Crippen molar-refractivity contribution < 1.29 is 0 Å². The molecule has 1 aromatic carbocycles. The molecule has 1 aliphatic rings. The van der Waals surface area contributed by atoms with E-state index in [1.165, 1.54) is 37.1 Å². The van der Waals surface area contributed by atoms with E-state index in [4.69, 9.17) is 4.99 Å². The molecule has 1 aliphatic heterocycles. The molecule has 2 heterocycles. The molecular formula is C24H35N5. The molecule has 0 aliphatic carbocycles. The third-order valence-corrected chi connectivity index (χ3v) is 5.33. The first-order valence-corrected chi connectivity index (χ1v) is 10.9. The van der Waals surface area contributed by atoms with Gasteiger partial charge in [-0.25, -0.2) is 4.99 Å². The summed E-state index contributed by atoms with van der Waals surface area (Å²) in [6, 6.07) is 15.0. The van der Waals surface area contributed by atoms with Crippen molar-refractivity contribution in [3.63, 3.8) is 0 Å². The van der Waals surface area contributed by atoms with Crippen molar-refractivity contribution in [1.82, 2.24) is 20.5 Å². The number of likely N-dealkylation sites (tertiary alicyclic amines) is 1. The van der Waals surface area contributed by atoms with E-state index >= 15 is 0 Å². The Morgan fingerprint density at radius 2 is 1.97 bits per heavy atom. The molecule has 5 nitrogen and oxygen atoms in total. The molecule has 2 N–H and O–H groups in total. The Hall–Kier alpha value is -2.40. The highest BCUT2D eigenvalue weighted by atomic mass is 15.2. The van der Waals surface area contributed by atoms with Gasteiger partial charge in [-0.05, 0) is 55.5 Å². The van der Waals surface area contributed by atoms with Crippen LogP contribution in [0.1, 0.15) is 43.5 Å². The van der Waals surface area contributed by atoms with E-state index in [2.05, 4.69) is 64.7 Å². The van der Waals surface area contributed by atoms with Gasteiger partial charge < -0.3 is 10.6 Å². The van der Waals surface area contributed by atoms with Gasteiger partial charge in [0.2, 0.25) is 0 Å². The van der Waals surface area contributed by atoms with E-state index in [0.29, 0.717) is 6.54 Å². The van der Waals surface area contributed by atoms with Crippen molar-refractivity contribution in [1.29, 1.82) is 0 Å². The van der Waals surface area contributed by atoms with Crippen LogP contribution in [0.5, 0.6) is 0 Å². The van der Waals surface area contributed by atoms with Gasteiger partial charge in [0.1, 0.15) is 0 Å². The summed E-state index contributed by atoms with van der Waals surface area (Å²) in [5.41, 5.74) is 3.73. The predicted molar refractivity (Wildman–Crippen MR) is 121 cm³/mol. The average molecular weight is 394 g/mol. The predicted octanol–water partition coefficient (Wildman–Crippen LogP) is 3.61. The normalized spacial score (nSPS) is 17.9. The first-order valence-electron chi connectivity index (χ1n) is 10.9. The van der Waals surface area contributed by atoms with Crippen molar-refractivity contribution in [2.45, 2.75) is 46.2 Å². The number of benzene rings is 1. The topological polar surface area (TPSA) is 52.6 Å². The van der Waals surface area contributed by atoms with Crippen molar-refractivity contribution in [3.05, 3.63) is 65.5 Å². The van der Waals surface area contributed by atoms with Crippen LogP contribution in [0.2, 0.25) is 0 Å². The lowest BCUT2D eigenvalue weighted by Gasteiger charge is -2.30. The lowest BCUT2D eigenvalue weighted by Crippen LogP contribution is -2.38. The highest BCUT2D eigenvalue weighted by molar-refractivity contribution is 5.79. The van der Waals surface area contributed by atoms with E-state index in [1.54, 1.807) is 0 Å². The Kier molecular flexibility index (Phi) is 8.50. The monoisotopic (exact) mass is 393 g/mol. The molecule has 1 fully saturated rings. The minimum absolute atomic E-state index is 0.681. The van der Waals surface area contributed by atoms with Gasteiger partial charge in [0, 0.05) is 44.5 Å². The lowest BCUT2D eigenvalue weighted by molar-refractivity contribution is 0.176. The second-order valence-electron chi connectivity index (χ2n) is 7.99. The number of guanidine groups is 1. The second kappa shape index (κ2) is 11.6. The molecule has 1 aromatic heterocycles. The van der Waals surface area contributed by atoms with E-state index < -0.39 is 0 Å². The second-order valence-corrected chi connectivity index (χ2v) is 7.99. The van der Waals surface area contributed by atoms with Crippen LogP contribution >= 0.6 is 0 Å². The van der Waals surface area contributed by atoms with Gasteiger partial charge in [0.05, 0.1) is 6.54 Å². The van der Waals surface area contributed by atoms with Crippen LogP contribution in [0.3, 0.4) is 0 Å². The van der Waals surface area contributed by atoms with Gasteiger partial charge in [0.15, 0.2) is 5.96 Å². The number of hydrogen-bond acceptors (Lipinski definition) is 3. The van der Waals surface area contributed by atoms with E-state index in [0.717, 1.165) is 43.6 Å². The van der Waals surface area contributed by atoms with Gasteiger partial charge in [-0.3, -0.25) is 9.88 Å². The van der Waals surface area contributed by atoms with Gasteiger partial charge in [-0.1, -0.05) is 37.3 Å². The molecule has 3 rings (SSSR count). The number of hydrogen-bond donors (Lipinski definition) is 2. The fourth-order valence-corrected chi connectivity index (χ4v) is 3.81. The summed E-state index contributed by atoms with van der Waals surface area (Å²) < 4.78 is 0. The van der Waals surface area contributed by atoms with E-state index in [-0.39, 0.29) is 0 Å². The van der Waals surface area contributed by atoms with Crippen LogP contribution in [0.25, 0.3) is 0 Å². The lowest BCUT2D eigenvalue weighted by atomic mass is 9.99. The zero-order valence-corrected chi connectivity index (χ0v) is 17.9. The first-order chi connectivity index (χ1) is 14.2. The fraction of sp³-hybridized carbons (Fsp3) is 0.500. The van der Waals surface area contributed by atoms with Gasteiger partial charge in [-0.15, -0.1) is 0 Å². The average Bonchev–Trinajstić information content (AvgIpc) is 2.74. The zero-order valence-electron chi connectivity index (χ0n) is 17.9. The molecule has 156 valence electrons. The van der Waals surface area contributed by atoms with Crippen molar-refractivity contribution >= 4 is 5.96 Å². The van der Waals surface area contributed by atoms with Crippen molar-refractivity contribution in [3.8, 4) is 0 Å². The summed E-state index contributed by atoms with van der Waals surface area (Å²) in [5.74, 6) is 1.68. The zero-order chi connectivity index (χ0) is 20.3. The Morgan fingerprint density at radius 1 is 1.14 bits per heavy atom. The number of nitrogens with one attached hydrogen (secondary N) is 2. The molecule has 5 heteroatoms. The van der Waals surface area contributed by atoms with Crippen LogP contribution in [-0.2, 0) is 19.5 Å². The summed E-state index contributed by atoms with van der Waals surface area (Å²) in [6.45, 7) is 10.3. The number of piperidine rings is 1. The smallest absolute Gasteiger partial charge is 0.191 e. The van der Waals surface area contributed by atoms with Crippen LogP contribution in [-0.4, -0.2) is 42.0 Å². The minimum atomic E-state index is 0.681. The summed E-state index contributed by atoms with van der Waals surface area (Å²) in [7, 11) is 0. The Labute approximate surface area is 175 Å². The highest BCUT2D eigenvalue weighted by Gasteiger charge is 2.16. The van der Waals surface area contributed by atoms with Gasteiger partial charge in [0.25, 0.3) is 0 Å².